The van der Waals surface area contributed by atoms with E-state index in [4.69, 9.17) is 0 Å². The van der Waals surface area contributed by atoms with Crippen molar-refractivity contribution < 1.29 is 0 Å². The molecule has 0 bridgehead atoms. The van der Waals surface area contributed by atoms with Crippen LogP contribution in [0.15, 0.2) is 0 Å². The molecule has 0 heterocycles. The molecule has 0 radical (unpaired) electrons. The summed E-state index contributed by atoms with van der Waals surface area (Å²) in [6, 6.07) is 0. The van der Waals surface area contributed by atoms with Gasteiger partial charge < -0.3 is 5.32 Å². The van der Waals surface area contributed by atoms with E-state index >= 15 is 0 Å². The lowest BCUT2D eigenvalue weighted by molar-refractivity contribution is 0.597. The van der Waals surface area contributed by atoms with Crippen LogP contribution in [-0.2, 0) is 0 Å². The highest BCUT2D eigenvalue weighted by atomic mass is 79.9. The van der Waals surface area contributed by atoms with Crippen molar-refractivity contribution in [3.8, 4) is 0 Å². The third-order valence-electron chi connectivity index (χ3n) is 1.94. The lowest BCUT2D eigenvalue weighted by Gasteiger charge is -2.03. The first kappa shape index (κ1) is 13.8. The quantitative estimate of drug-likeness (QED) is 0.482. The Morgan fingerprint density at radius 1 is 1.00 bits per heavy atom. The van der Waals surface area contributed by atoms with Gasteiger partial charge in [0.05, 0.1) is 0 Å². The lowest BCUT2D eigenvalue weighted by Crippen LogP contribution is -2.17. The van der Waals surface area contributed by atoms with E-state index < -0.39 is 0 Å². The fraction of sp³-hybridized carbons (Fsp3) is 1.00. The number of hydrogen-bond donors (Lipinski definition) is 1. The Balaban J connectivity index is 2.76. The maximum atomic E-state index is 3.47. The van der Waals surface area contributed by atoms with E-state index in [0.29, 0.717) is 0 Å². The van der Waals surface area contributed by atoms with Gasteiger partial charge in [-0.05, 0) is 44.4 Å². The van der Waals surface area contributed by atoms with Crippen LogP contribution in [0.25, 0.3) is 0 Å². The highest BCUT2D eigenvalue weighted by Gasteiger charge is 1.89. The summed E-state index contributed by atoms with van der Waals surface area (Å²) in [7, 11) is 0. The predicted octanol–water partition coefficient (Wildman–Crippen LogP) is 3.28. The zero-order valence-electron chi connectivity index (χ0n) is 8.65. The summed E-state index contributed by atoms with van der Waals surface area (Å²) in [6.45, 7) is 2.40. The van der Waals surface area contributed by atoms with Crippen molar-refractivity contribution in [3.05, 3.63) is 0 Å². The standard InChI is InChI=1S/C10H22BrNS/c1-13-10-6-9-12-8-5-3-2-4-7-11/h12H,2-10H2,1H3. The number of alkyl halides is 1. The molecule has 1 N–H and O–H groups in total. The summed E-state index contributed by atoms with van der Waals surface area (Å²) in [5.41, 5.74) is 0. The molecule has 80 valence electrons. The van der Waals surface area contributed by atoms with E-state index in [9.17, 15) is 0 Å². The molecule has 0 aliphatic carbocycles. The molecule has 1 nitrogen and oxygen atoms in total. The highest BCUT2D eigenvalue weighted by molar-refractivity contribution is 9.09. The summed E-state index contributed by atoms with van der Waals surface area (Å²) >= 11 is 5.37. The fourth-order valence-electron chi connectivity index (χ4n) is 1.16. The molecule has 0 aromatic carbocycles. The smallest absolute Gasteiger partial charge is 0.00313 e. The summed E-state index contributed by atoms with van der Waals surface area (Å²) in [5, 5.41) is 4.63. The first-order valence-corrected chi connectivity index (χ1v) is 7.69. The minimum Gasteiger partial charge on any atom is -0.317 e. The van der Waals surface area contributed by atoms with Crippen LogP contribution in [0.1, 0.15) is 32.1 Å². The SMILES string of the molecule is CSCCCNCCCCCCBr. The van der Waals surface area contributed by atoms with Crippen LogP contribution in [0.3, 0.4) is 0 Å². The summed E-state index contributed by atoms with van der Waals surface area (Å²) in [4.78, 5) is 0. The molecule has 0 aliphatic rings. The Kier molecular flexibility index (Phi) is 13.6. The number of thioether (sulfide) groups is 1. The van der Waals surface area contributed by atoms with E-state index in [1.54, 1.807) is 0 Å². The molecule has 0 amide bonds. The van der Waals surface area contributed by atoms with Crippen molar-refractivity contribution >= 4 is 27.7 Å². The van der Waals surface area contributed by atoms with Crippen LogP contribution in [0.5, 0.6) is 0 Å². The molecule has 0 unspecified atom stereocenters. The van der Waals surface area contributed by atoms with Crippen LogP contribution < -0.4 is 5.32 Å². The van der Waals surface area contributed by atoms with Gasteiger partial charge in [0.2, 0.25) is 0 Å². The molecule has 3 heteroatoms. The van der Waals surface area contributed by atoms with Gasteiger partial charge in [-0.15, -0.1) is 0 Å². The Morgan fingerprint density at radius 3 is 2.38 bits per heavy atom. The average molecular weight is 268 g/mol. The number of unbranched alkanes of at least 4 members (excludes halogenated alkanes) is 3. The third kappa shape index (κ3) is 12.8. The van der Waals surface area contributed by atoms with Gasteiger partial charge in [0.25, 0.3) is 0 Å². The van der Waals surface area contributed by atoms with Crippen LogP contribution in [0, 0.1) is 0 Å². The maximum absolute atomic E-state index is 3.47. The van der Waals surface area contributed by atoms with Crippen LogP contribution in [-0.4, -0.2) is 30.4 Å². The molecular weight excluding hydrogens is 246 g/mol. The van der Waals surface area contributed by atoms with Gasteiger partial charge in [0.1, 0.15) is 0 Å². The Morgan fingerprint density at radius 2 is 1.69 bits per heavy atom. The first-order valence-electron chi connectivity index (χ1n) is 5.17. The molecule has 0 aromatic rings. The second-order valence-electron chi connectivity index (χ2n) is 3.20. The molecule has 0 atom stereocenters. The molecule has 0 saturated heterocycles. The van der Waals surface area contributed by atoms with Gasteiger partial charge in [0.15, 0.2) is 0 Å². The van der Waals surface area contributed by atoms with Crippen LogP contribution in [0.4, 0.5) is 0 Å². The van der Waals surface area contributed by atoms with Crippen LogP contribution >= 0.6 is 27.7 Å². The minimum atomic E-state index is 1.16. The molecular formula is C10H22BrNS. The van der Waals surface area contributed by atoms with E-state index in [0.717, 1.165) is 5.33 Å². The zero-order valence-corrected chi connectivity index (χ0v) is 11.1. The minimum absolute atomic E-state index is 1.16. The topological polar surface area (TPSA) is 12.0 Å². The summed E-state index contributed by atoms with van der Waals surface area (Å²) < 4.78 is 0. The number of halogens is 1. The Hall–Kier alpha value is 0.790. The lowest BCUT2D eigenvalue weighted by atomic mass is 10.2. The number of nitrogens with one attached hydrogen (secondary N) is 1. The molecule has 13 heavy (non-hydrogen) atoms. The van der Waals surface area contributed by atoms with Gasteiger partial charge in [0, 0.05) is 5.33 Å². The number of hydrogen-bond acceptors (Lipinski definition) is 2. The predicted molar refractivity (Wildman–Crippen MR) is 68.1 cm³/mol. The van der Waals surface area contributed by atoms with E-state index in [1.165, 1.54) is 50.9 Å². The second-order valence-corrected chi connectivity index (χ2v) is 4.98. The maximum Gasteiger partial charge on any atom is 0.00313 e. The summed E-state index contributed by atoms with van der Waals surface area (Å²) in [6.07, 6.45) is 8.89. The molecule has 0 saturated carbocycles. The Bertz CT molecular complexity index is 81.0. The average Bonchev–Trinajstić information content (AvgIpc) is 2.16. The van der Waals surface area contributed by atoms with Gasteiger partial charge in [-0.2, -0.15) is 11.8 Å². The fourth-order valence-corrected chi connectivity index (χ4v) is 1.99. The van der Waals surface area contributed by atoms with Crippen molar-refractivity contribution in [1.82, 2.24) is 5.32 Å². The molecule has 0 aliphatic heterocycles. The molecule has 0 aromatic heterocycles. The van der Waals surface area contributed by atoms with Crippen molar-refractivity contribution in [2.75, 3.05) is 30.4 Å². The highest BCUT2D eigenvalue weighted by Crippen LogP contribution is 2.01. The van der Waals surface area contributed by atoms with Gasteiger partial charge in [-0.3, -0.25) is 0 Å². The third-order valence-corrected chi connectivity index (χ3v) is 3.20. The van der Waals surface area contributed by atoms with Crippen molar-refractivity contribution in [2.45, 2.75) is 32.1 Å². The number of rotatable bonds is 10. The zero-order chi connectivity index (χ0) is 9.78. The van der Waals surface area contributed by atoms with Crippen LogP contribution in [0.2, 0.25) is 0 Å². The monoisotopic (exact) mass is 267 g/mol. The second kappa shape index (κ2) is 12.8. The van der Waals surface area contributed by atoms with Gasteiger partial charge in [-0.25, -0.2) is 0 Å². The van der Waals surface area contributed by atoms with E-state index in [1.807, 2.05) is 11.8 Å². The van der Waals surface area contributed by atoms with E-state index in [2.05, 4.69) is 27.5 Å². The normalized spacial score (nSPS) is 10.6. The van der Waals surface area contributed by atoms with Gasteiger partial charge >= 0.3 is 0 Å². The van der Waals surface area contributed by atoms with E-state index in [-0.39, 0.29) is 0 Å². The van der Waals surface area contributed by atoms with Gasteiger partial charge in [-0.1, -0.05) is 28.8 Å². The summed E-state index contributed by atoms with van der Waals surface area (Å²) in [5.74, 6) is 1.29. The first-order chi connectivity index (χ1) is 6.41. The molecule has 0 spiro atoms. The van der Waals surface area contributed by atoms with Crippen molar-refractivity contribution in [1.29, 1.82) is 0 Å². The molecule has 0 fully saturated rings. The largest absolute Gasteiger partial charge is 0.317 e. The Labute approximate surface area is 95.6 Å². The van der Waals surface area contributed by atoms with Crippen molar-refractivity contribution in [3.63, 3.8) is 0 Å². The van der Waals surface area contributed by atoms with Crippen molar-refractivity contribution in [2.24, 2.45) is 0 Å². The molecule has 0 rings (SSSR count).